The lowest BCUT2D eigenvalue weighted by molar-refractivity contribution is 0.187. The van der Waals surface area contributed by atoms with Crippen molar-refractivity contribution in [2.45, 2.75) is 22.2 Å². The van der Waals surface area contributed by atoms with Gasteiger partial charge >= 0.3 is 0 Å². The highest BCUT2D eigenvalue weighted by Gasteiger charge is 2.45. The monoisotopic (exact) mass is 388 g/mol. The first kappa shape index (κ1) is 15.2. The second-order valence-corrected chi connectivity index (χ2v) is 10.1. The maximum atomic E-state index is 11.8. The molecule has 0 bridgehead atoms. The zero-order valence-electron chi connectivity index (χ0n) is 9.52. The summed E-state index contributed by atoms with van der Waals surface area (Å²) in [6.07, 6.45) is -1.25. The zero-order chi connectivity index (χ0) is 13.3. The van der Waals surface area contributed by atoms with E-state index in [1.54, 1.807) is 40.8 Å². The van der Waals surface area contributed by atoms with Gasteiger partial charge in [0.1, 0.15) is 6.10 Å². The van der Waals surface area contributed by atoms with E-state index in [4.69, 9.17) is 11.6 Å². The fourth-order valence-corrected chi connectivity index (χ4v) is 4.01. The van der Waals surface area contributed by atoms with Crippen LogP contribution in [-0.2, 0) is 9.84 Å². The van der Waals surface area contributed by atoms with Crippen LogP contribution < -0.4 is 0 Å². The standard InChI is InChI=1S/C11H14ClIO3S/c1-3-17(15,16)11(12,13)10(14)9-6-4-5-8(2)7-9/h4-7,10,14H,3H2,1-2H3/t10-,11-/m0/s1. The molecular weight excluding hydrogens is 375 g/mol. The van der Waals surface area contributed by atoms with E-state index in [-0.39, 0.29) is 5.75 Å². The van der Waals surface area contributed by atoms with E-state index in [2.05, 4.69) is 0 Å². The summed E-state index contributed by atoms with van der Waals surface area (Å²) in [5.41, 5.74) is 1.45. The topological polar surface area (TPSA) is 54.4 Å². The van der Waals surface area contributed by atoms with Gasteiger partial charge in [0.2, 0.25) is 2.21 Å². The number of benzene rings is 1. The second kappa shape index (κ2) is 5.42. The van der Waals surface area contributed by atoms with E-state index in [0.717, 1.165) is 5.56 Å². The molecule has 0 saturated heterocycles. The molecule has 0 aliphatic rings. The number of aliphatic hydroxyl groups is 1. The molecule has 0 radical (unpaired) electrons. The van der Waals surface area contributed by atoms with Gasteiger partial charge in [0.05, 0.1) is 5.75 Å². The molecule has 1 aromatic rings. The van der Waals surface area contributed by atoms with Crippen LogP contribution in [0.15, 0.2) is 24.3 Å². The van der Waals surface area contributed by atoms with Crippen LogP contribution in [0, 0.1) is 6.92 Å². The zero-order valence-corrected chi connectivity index (χ0v) is 13.3. The lowest BCUT2D eigenvalue weighted by Crippen LogP contribution is -2.34. The minimum Gasteiger partial charge on any atom is -0.385 e. The average Bonchev–Trinajstić information content (AvgIpc) is 2.27. The van der Waals surface area contributed by atoms with E-state index in [9.17, 15) is 13.5 Å². The molecule has 3 nitrogen and oxygen atoms in total. The number of aryl methyl sites for hydroxylation is 1. The van der Waals surface area contributed by atoms with Crippen molar-refractivity contribution in [1.29, 1.82) is 0 Å². The smallest absolute Gasteiger partial charge is 0.225 e. The third-order valence-corrected chi connectivity index (χ3v) is 7.80. The Labute approximate surface area is 120 Å². The van der Waals surface area contributed by atoms with Gasteiger partial charge < -0.3 is 5.11 Å². The Bertz CT molecular complexity index is 499. The molecule has 1 N–H and O–H groups in total. The molecule has 0 saturated carbocycles. The summed E-state index contributed by atoms with van der Waals surface area (Å²) < 4.78 is 21.9. The van der Waals surface area contributed by atoms with Crippen LogP contribution >= 0.6 is 34.2 Å². The van der Waals surface area contributed by atoms with Gasteiger partial charge in [0.25, 0.3) is 0 Å². The highest BCUT2D eigenvalue weighted by Crippen LogP contribution is 2.43. The van der Waals surface area contributed by atoms with Gasteiger partial charge in [-0.15, -0.1) is 0 Å². The maximum Gasteiger partial charge on any atom is 0.225 e. The molecule has 0 aliphatic heterocycles. The molecule has 2 atom stereocenters. The summed E-state index contributed by atoms with van der Waals surface area (Å²) in [5, 5.41) is 10.1. The minimum atomic E-state index is -3.56. The molecule has 0 aliphatic carbocycles. The van der Waals surface area contributed by atoms with Gasteiger partial charge in [-0.05, 0) is 35.1 Å². The molecule has 1 aromatic carbocycles. The quantitative estimate of drug-likeness (QED) is 0.637. The van der Waals surface area contributed by atoms with E-state index >= 15 is 0 Å². The first-order chi connectivity index (χ1) is 7.72. The predicted octanol–water partition coefficient (Wildman–Crippen LogP) is 2.79. The number of sulfone groups is 1. The molecule has 0 aromatic heterocycles. The minimum absolute atomic E-state index is 0.109. The van der Waals surface area contributed by atoms with E-state index in [1.165, 1.54) is 6.92 Å². The molecule has 0 spiro atoms. The third-order valence-electron chi connectivity index (χ3n) is 2.47. The number of halogens is 2. The van der Waals surface area contributed by atoms with Crippen molar-refractivity contribution in [2.75, 3.05) is 5.75 Å². The second-order valence-electron chi connectivity index (χ2n) is 3.78. The molecule has 0 heterocycles. The van der Waals surface area contributed by atoms with Crippen LogP contribution in [0.25, 0.3) is 0 Å². The van der Waals surface area contributed by atoms with Crippen LogP contribution in [0.1, 0.15) is 24.2 Å². The van der Waals surface area contributed by atoms with Crippen LogP contribution in [0.3, 0.4) is 0 Å². The number of rotatable bonds is 4. The van der Waals surface area contributed by atoms with E-state index in [0.29, 0.717) is 5.56 Å². The Morgan fingerprint density at radius 2 is 2.12 bits per heavy atom. The van der Waals surface area contributed by atoms with Crippen molar-refractivity contribution in [1.82, 2.24) is 0 Å². The van der Waals surface area contributed by atoms with Crippen molar-refractivity contribution >= 4 is 44.0 Å². The Hall–Kier alpha value is 0.150. The number of aliphatic hydroxyl groups excluding tert-OH is 1. The third kappa shape index (κ3) is 3.13. The van der Waals surface area contributed by atoms with Crippen LogP contribution in [0.4, 0.5) is 0 Å². The lowest BCUT2D eigenvalue weighted by Gasteiger charge is -2.26. The lowest BCUT2D eigenvalue weighted by atomic mass is 10.1. The summed E-state index contributed by atoms with van der Waals surface area (Å²) in [4.78, 5) is 0. The van der Waals surface area contributed by atoms with Gasteiger partial charge in [0.15, 0.2) is 9.84 Å². The van der Waals surface area contributed by atoms with Gasteiger partial charge in [-0.2, -0.15) is 0 Å². The Kier molecular flexibility index (Phi) is 4.85. The predicted molar refractivity (Wildman–Crippen MR) is 78.2 cm³/mol. The summed E-state index contributed by atoms with van der Waals surface area (Å²) >= 11 is 7.60. The number of hydrogen-bond donors (Lipinski definition) is 1. The maximum absolute atomic E-state index is 11.8. The van der Waals surface area contributed by atoms with Crippen LogP contribution in [-0.4, -0.2) is 21.5 Å². The fourth-order valence-electron chi connectivity index (χ4n) is 1.40. The highest BCUT2D eigenvalue weighted by atomic mass is 127. The molecule has 0 amide bonds. The SMILES string of the molecule is CCS(=O)(=O)[C@@](Cl)(I)[C@@H](O)c1cccc(C)c1. The van der Waals surface area contributed by atoms with Crippen molar-refractivity contribution in [3.63, 3.8) is 0 Å². The fraction of sp³-hybridized carbons (Fsp3) is 0.455. The van der Waals surface area contributed by atoms with Gasteiger partial charge in [0, 0.05) is 0 Å². The van der Waals surface area contributed by atoms with Gasteiger partial charge in [-0.1, -0.05) is 48.4 Å². The Balaban J connectivity index is 3.17. The molecule has 17 heavy (non-hydrogen) atoms. The van der Waals surface area contributed by atoms with Crippen molar-refractivity contribution < 1.29 is 13.5 Å². The summed E-state index contributed by atoms with van der Waals surface area (Å²) in [6.45, 7) is 3.38. The summed E-state index contributed by atoms with van der Waals surface area (Å²) in [7, 11) is -3.56. The van der Waals surface area contributed by atoms with E-state index < -0.39 is 18.2 Å². The Morgan fingerprint density at radius 3 is 2.59 bits per heavy atom. The molecule has 0 fully saturated rings. The van der Waals surface area contributed by atoms with Crippen molar-refractivity contribution in [3.8, 4) is 0 Å². The van der Waals surface area contributed by atoms with Crippen molar-refractivity contribution in [2.24, 2.45) is 0 Å². The summed E-state index contributed by atoms with van der Waals surface area (Å²) in [5.74, 6) is -0.109. The molecule has 0 unspecified atom stereocenters. The first-order valence-electron chi connectivity index (χ1n) is 5.07. The molecular formula is C11H14ClIO3S. The molecule has 96 valence electrons. The first-order valence-corrected chi connectivity index (χ1v) is 8.18. The van der Waals surface area contributed by atoms with Gasteiger partial charge in [-0.25, -0.2) is 8.42 Å². The molecule has 1 rings (SSSR count). The summed E-state index contributed by atoms with van der Waals surface area (Å²) in [6, 6.07) is 7.02. The van der Waals surface area contributed by atoms with Crippen molar-refractivity contribution in [3.05, 3.63) is 35.4 Å². The number of hydrogen-bond acceptors (Lipinski definition) is 3. The normalized spacial score (nSPS) is 17.5. The molecule has 6 heteroatoms. The van der Waals surface area contributed by atoms with E-state index in [1.807, 2.05) is 13.0 Å². The highest BCUT2D eigenvalue weighted by molar-refractivity contribution is 14.1. The largest absolute Gasteiger partial charge is 0.385 e. The average molecular weight is 389 g/mol. The number of alkyl halides is 2. The van der Waals surface area contributed by atoms with Crippen LogP contribution in [0.5, 0.6) is 0 Å². The van der Waals surface area contributed by atoms with Gasteiger partial charge in [-0.3, -0.25) is 0 Å². The Morgan fingerprint density at radius 1 is 1.53 bits per heavy atom. The van der Waals surface area contributed by atoms with Crippen LogP contribution in [0.2, 0.25) is 0 Å².